The molecule has 32 valence electrons. The van der Waals surface area contributed by atoms with Crippen LogP contribution in [0.2, 0.25) is 0 Å². The van der Waals surface area contributed by atoms with E-state index in [0.717, 1.165) is 0 Å². The molecule has 0 heterocycles. The SMILES string of the molecule is O=C(O)O.[Mg+2].[O-2]. The molecular formula is CH2MgO4. The van der Waals surface area contributed by atoms with Crippen molar-refractivity contribution in [2.24, 2.45) is 0 Å². The van der Waals surface area contributed by atoms with E-state index in [-0.39, 0.29) is 28.5 Å². The molecule has 6 heavy (non-hydrogen) atoms. The summed E-state index contributed by atoms with van der Waals surface area (Å²) in [5.41, 5.74) is 0. The predicted molar refractivity (Wildman–Crippen MR) is 17.1 cm³/mol. The Morgan fingerprint density at radius 3 is 1.33 bits per heavy atom. The summed E-state index contributed by atoms with van der Waals surface area (Å²) >= 11 is 0. The maximum Gasteiger partial charge on any atom is 2.00 e. The number of hydrogen-bond acceptors (Lipinski definition) is 1. The minimum absolute atomic E-state index is 0. The van der Waals surface area contributed by atoms with Crippen molar-refractivity contribution in [3.8, 4) is 0 Å². The molecule has 0 aromatic heterocycles. The van der Waals surface area contributed by atoms with Crippen molar-refractivity contribution in [1.29, 1.82) is 0 Å². The molecule has 0 bridgehead atoms. The van der Waals surface area contributed by atoms with Gasteiger partial charge in [-0.05, 0) is 0 Å². The minimum Gasteiger partial charge on any atom is -2.00 e. The van der Waals surface area contributed by atoms with Gasteiger partial charge in [-0.15, -0.1) is 0 Å². The average molecular weight is 102 g/mol. The molecule has 0 rings (SSSR count). The first-order valence-electron chi connectivity index (χ1n) is 0.651. The van der Waals surface area contributed by atoms with Gasteiger partial charge in [0.2, 0.25) is 0 Å². The van der Waals surface area contributed by atoms with Crippen molar-refractivity contribution < 1.29 is 20.5 Å². The zero-order chi connectivity index (χ0) is 3.58. The molecule has 0 amide bonds. The van der Waals surface area contributed by atoms with Gasteiger partial charge < -0.3 is 15.7 Å². The Kier molecular flexibility index (Phi) is 24.7. The second kappa shape index (κ2) is 8.89. The van der Waals surface area contributed by atoms with Crippen molar-refractivity contribution >= 4 is 29.2 Å². The molecule has 0 unspecified atom stereocenters. The van der Waals surface area contributed by atoms with Crippen LogP contribution in [0.1, 0.15) is 0 Å². The summed E-state index contributed by atoms with van der Waals surface area (Å²) in [6.45, 7) is 0. The van der Waals surface area contributed by atoms with E-state index in [1.807, 2.05) is 0 Å². The minimum atomic E-state index is -1.83. The van der Waals surface area contributed by atoms with E-state index in [0.29, 0.717) is 0 Å². The van der Waals surface area contributed by atoms with Gasteiger partial charge in [0.05, 0.1) is 0 Å². The Morgan fingerprint density at radius 2 is 1.33 bits per heavy atom. The Labute approximate surface area is 50.2 Å². The van der Waals surface area contributed by atoms with Gasteiger partial charge in [0.1, 0.15) is 0 Å². The van der Waals surface area contributed by atoms with Gasteiger partial charge in [-0.3, -0.25) is 0 Å². The van der Waals surface area contributed by atoms with Crippen LogP contribution in [0, 0.1) is 0 Å². The fourth-order valence-corrected chi connectivity index (χ4v) is 0. The van der Waals surface area contributed by atoms with Crippen LogP contribution in [0.3, 0.4) is 0 Å². The summed E-state index contributed by atoms with van der Waals surface area (Å²) in [7, 11) is 0. The van der Waals surface area contributed by atoms with Gasteiger partial charge in [0, 0.05) is 0 Å². The van der Waals surface area contributed by atoms with Crippen LogP contribution >= 0.6 is 0 Å². The summed E-state index contributed by atoms with van der Waals surface area (Å²) in [6, 6.07) is 0. The zero-order valence-electron chi connectivity index (χ0n) is 2.92. The molecule has 0 aliphatic rings. The van der Waals surface area contributed by atoms with E-state index >= 15 is 0 Å². The van der Waals surface area contributed by atoms with Crippen LogP contribution in [-0.2, 0) is 5.48 Å². The molecular weight excluding hydrogens is 100 g/mol. The van der Waals surface area contributed by atoms with Crippen molar-refractivity contribution in [3.05, 3.63) is 0 Å². The van der Waals surface area contributed by atoms with Gasteiger partial charge in [-0.2, -0.15) is 0 Å². The smallest absolute Gasteiger partial charge is 2.00 e. The van der Waals surface area contributed by atoms with E-state index in [9.17, 15) is 0 Å². The quantitative estimate of drug-likeness (QED) is 0.413. The molecule has 0 aromatic carbocycles. The molecule has 0 spiro atoms. The molecule has 4 nitrogen and oxygen atoms in total. The zero-order valence-corrected chi connectivity index (χ0v) is 4.33. The third-order valence-electron chi connectivity index (χ3n) is 0. The Balaban J connectivity index is -0.0000000450. The largest absolute Gasteiger partial charge is 2.00 e. The summed E-state index contributed by atoms with van der Waals surface area (Å²) in [4.78, 5) is 8.56. The van der Waals surface area contributed by atoms with Crippen molar-refractivity contribution in [2.75, 3.05) is 0 Å². The monoisotopic (exact) mass is 102 g/mol. The molecule has 5 heteroatoms. The summed E-state index contributed by atoms with van der Waals surface area (Å²) < 4.78 is 0. The molecule has 0 aliphatic carbocycles. The van der Waals surface area contributed by atoms with E-state index < -0.39 is 6.16 Å². The Morgan fingerprint density at radius 1 is 1.33 bits per heavy atom. The van der Waals surface area contributed by atoms with Crippen molar-refractivity contribution in [3.63, 3.8) is 0 Å². The molecule has 0 saturated heterocycles. The summed E-state index contributed by atoms with van der Waals surface area (Å²) in [5.74, 6) is 0. The number of carboxylic acid groups (broad SMARTS) is 2. The van der Waals surface area contributed by atoms with Gasteiger partial charge in [-0.25, -0.2) is 4.79 Å². The van der Waals surface area contributed by atoms with Gasteiger partial charge in [0.25, 0.3) is 0 Å². The van der Waals surface area contributed by atoms with E-state index in [4.69, 9.17) is 15.0 Å². The second-order valence-electron chi connectivity index (χ2n) is 0.283. The van der Waals surface area contributed by atoms with Gasteiger partial charge >= 0.3 is 29.2 Å². The molecule has 0 aliphatic heterocycles. The topological polar surface area (TPSA) is 86.0 Å². The first-order valence-corrected chi connectivity index (χ1v) is 0.651. The number of hydrogen-bond donors (Lipinski definition) is 2. The van der Waals surface area contributed by atoms with Crippen molar-refractivity contribution in [1.82, 2.24) is 0 Å². The standard InChI is InChI=1S/CH2O3.Mg.O/c2-1(3)4;;/h(H2,2,3,4);;/q;+2;-2. The first kappa shape index (κ1) is 16.7. The van der Waals surface area contributed by atoms with Gasteiger partial charge in [0.15, 0.2) is 0 Å². The fraction of sp³-hybridized carbons (Fsp3) is 0. The molecule has 0 saturated carbocycles. The van der Waals surface area contributed by atoms with Crippen LogP contribution in [0.15, 0.2) is 0 Å². The molecule has 0 atom stereocenters. The third kappa shape index (κ3) is 2530000. The fourth-order valence-electron chi connectivity index (χ4n) is 0. The number of carbonyl (C=O) groups is 1. The van der Waals surface area contributed by atoms with Crippen LogP contribution in [0.4, 0.5) is 4.79 Å². The van der Waals surface area contributed by atoms with Crippen LogP contribution in [0.25, 0.3) is 0 Å². The Hall–Kier alpha value is -0.00377. The number of rotatable bonds is 0. The second-order valence-corrected chi connectivity index (χ2v) is 0.283. The van der Waals surface area contributed by atoms with E-state index in [1.54, 1.807) is 0 Å². The summed E-state index contributed by atoms with van der Waals surface area (Å²) in [6.07, 6.45) is -1.83. The van der Waals surface area contributed by atoms with Crippen LogP contribution < -0.4 is 0 Å². The molecule has 0 fully saturated rings. The molecule has 0 radical (unpaired) electrons. The normalized spacial score (nSPS) is 4.00. The molecule has 2 N–H and O–H groups in total. The van der Waals surface area contributed by atoms with Crippen LogP contribution in [-0.4, -0.2) is 39.4 Å². The Bertz CT molecular complexity index is 30.5. The van der Waals surface area contributed by atoms with E-state index in [1.165, 1.54) is 0 Å². The van der Waals surface area contributed by atoms with Crippen molar-refractivity contribution in [2.45, 2.75) is 0 Å². The van der Waals surface area contributed by atoms with Crippen LogP contribution in [0.5, 0.6) is 0 Å². The van der Waals surface area contributed by atoms with E-state index in [2.05, 4.69) is 0 Å². The molecule has 0 aromatic rings. The van der Waals surface area contributed by atoms with Gasteiger partial charge in [-0.1, -0.05) is 0 Å². The first-order chi connectivity index (χ1) is 1.73. The average Bonchev–Trinajstić information content (AvgIpc) is 0.811. The summed E-state index contributed by atoms with van der Waals surface area (Å²) in [5, 5.41) is 13.9. The maximum absolute atomic E-state index is 8.56. The predicted octanol–water partition coefficient (Wildman–Crippen LogP) is -0.277. The third-order valence-corrected chi connectivity index (χ3v) is 0. The maximum atomic E-state index is 8.56.